The van der Waals surface area contributed by atoms with E-state index in [9.17, 15) is 4.79 Å². The molecule has 0 N–H and O–H groups in total. The van der Waals surface area contributed by atoms with Gasteiger partial charge in [-0.1, -0.05) is 12.1 Å². The Labute approximate surface area is 178 Å². The van der Waals surface area contributed by atoms with Gasteiger partial charge in [0, 0.05) is 43.6 Å². The van der Waals surface area contributed by atoms with Crippen molar-refractivity contribution < 1.29 is 14.3 Å². The van der Waals surface area contributed by atoms with E-state index in [4.69, 9.17) is 9.47 Å². The Hall–Kier alpha value is -2.24. The summed E-state index contributed by atoms with van der Waals surface area (Å²) in [6, 6.07) is 14.6. The van der Waals surface area contributed by atoms with E-state index in [1.54, 1.807) is 7.11 Å². The molecule has 3 atom stereocenters. The Morgan fingerprint density at radius 1 is 1.10 bits per heavy atom. The molecule has 0 bridgehead atoms. The fraction of sp³-hybridized carbons (Fsp3) is 0.435. The average molecular weight is 415 g/mol. The maximum atomic E-state index is 13.1. The molecule has 5 nitrogen and oxygen atoms in total. The van der Waals surface area contributed by atoms with Crippen LogP contribution in [0.1, 0.15) is 27.5 Å². The Balaban J connectivity index is 0.00000205. The maximum Gasteiger partial charge on any atom is 0.253 e. The van der Waals surface area contributed by atoms with Crippen molar-refractivity contribution in [2.24, 2.45) is 11.8 Å². The molecule has 0 spiro atoms. The van der Waals surface area contributed by atoms with Crippen LogP contribution in [0.3, 0.4) is 0 Å². The maximum absolute atomic E-state index is 13.1. The van der Waals surface area contributed by atoms with Gasteiger partial charge >= 0.3 is 0 Å². The molecule has 3 aliphatic heterocycles. The standard InChI is InChI=1S/C23H26N2O3.ClH/c1-24-12-18-13-25(23(26)17-5-8-21-16(11-17)9-10-28-21)14-20(18)22(24)15-3-6-19(27-2)7-4-15;/h3-8,11,18,20,22H,9-10,12-14H2,1-2H3;1H/t18-,20+,22+;/m0./s1. The van der Waals surface area contributed by atoms with E-state index in [1.165, 1.54) is 5.56 Å². The Morgan fingerprint density at radius 3 is 2.66 bits per heavy atom. The third-order valence-electron chi connectivity index (χ3n) is 6.58. The number of rotatable bonds is 3. The predicted octanol–water partition coefficient (Wildman–Crippen LogP) is 3.43. The molecule has 6 heteroatoms. The zero-order valence-electron chi connectivity index (χ0n) is 16.8. The minimum Gasteiger partial charge on any atom is -0.497 e. The number of hydrogen-bond acceptors (Lipinski definition) is 4. The third-order valence-corrected chi connectivity index (χ3v) is 6.58. The Bertz CT molecular complexity index is 901. The summed E-state index contributed by atoms with van der Waals surface area (Å²) in [5.74, 6) is 2.96. The van der Waals surface area contributed by atoms with Crippen LogP contribution in [0.5, 0.6) is 11.5 Å². The highest BCUT2D eigenvalue weighted by atomic mass is 35.5. The number of carbonyl (C=O) groups is 1. The van der Waals surface area contributed by atoms with Crippen LogP contribution in [0.4, 0.5) is 0 Å². The summed E-state index contributed by atoms with van der Waals surface area (Å²) in [5.41, 5.74) is 3.25. The van der Waals surface area contributed by atoms with Gasteiger partial charge in [0.05, 0.1) is 13.7 Å². The van der Waals surface area contributed by atoms with Gasteiger partial charge in [0.2, 0.25) is 0 Å². The topological polar surface area (TPSA) is 42.0 Å². The molecule has 3 heterocycles. The summed E-state index contributed by atoms with van der Waals surface area (Å²) in [6.07, 6.45) is 0.895. The first-order valence-electron chi connectivity index (χ1n) is 10.0. The number of benzene rings is 2. The van der Waals surface area contributed by atoms with E-state index >= 15 is 0 Å². The molecule has 2 aromatic carbocycles. The van der Waals surface area contributed by atoms with Gasteiger partial charge in [-0.3, -0.25) is 9.69 Å². The normalized spacial score (nSPS) is 25.2. The summed E-state index contributed by atoms with van der Waals surface area (Å²) in [4.78, 5) is 17.6. The first-order valence-corrected chi connectivity index (χ1v) is 10.0. The average Bonchev–Trinajstić information content (AvgIpc) is 3.41. The highest BCUT2D eigenvalue weighted by Crippen LogP contribution is 2.44. The summed E-state index contributed by atoms with van der Waals surface area (Å²) >= 11 is 0. The van der Waals surface area contributed by atoms with Gasteiger partial charge in [-0.15, -0.1) is 12.4 Å². The summed E-state index contributed by atoms with van der Waals surface area (Å²) in [7, 11) is 3.89. The fourth-order valence-electron chi connectivity index (χ4n) is 5.23. The molecule has 154 valence electrons. The van der Waals surface area contributed by atoms with E-state index < -0.39 is 0 Å². The van der Waals surface area contributed by atoms with Crippen molar-refractivity contribution in [2.75, 3.05) is 40.4 Å². The summed E-state index contributed by atoms with van der Waals surface area (Å²) < 4.78 is 10.9. The number of nitrogens with zero attached hydrogens (tertiary/aromatic N) is 2. The van der Waals surface area contributed by atoms with Crippen molar-refractivity contribution in [1.29, 1.82) is 0 Å². The SMILES string of the molecule is COc1ccc([C@@H]2[C@@H]3CN(C(=O)c4ccc5c(c4)CCO5)C[C@@H]3CN2C)cc1.Cl. The van der Waals surface area contributed by atoms with Crippen LogP contribution >= 0.6 is 12.4 Å². The zero-order chi connectivity index (χ0) is 19.3. The minimum absolute atomic E-state index is 0. The number of ether oxygens (including phenoxy) is 2. The van der Waals surface area contributed by atoms with Crippen molar-refractivity contribution in [1.82, 2.24) is 9.80 Å². The van der Waals surface area contributed by atoms with Crippen LogP contribution in [0, 0.1) is 11.8 Å². The van der Waals surface area contributed by atoms with Gasteiger partial charge in [0.25, 0.3) is 5.91 Å². The number of fused-ring (bicyclic) bond motifs is 2. The van der Waals surface area contributed by atoms with Gasteiger partial charge in [0.15, 0.2) is 0 Å². The monoisotopic (exact) mass is 414 g/mol. The first kappa shape index (κ1) is 20.0. The minimum atomic E-state index is 0. The van der Waals surface area contributed by atoms with Crippen molar-refractivity contribution in [3.8, 4) is 11.5 Å². The second-order valence-corrected chi connectivity index (χ2v) is 8.21. The lowest BCUT2D eigenvalue weighted by Crippen LogP contribution is -2.33. The number of halogens is 1. The van der Waals surface area contributed by atoms with Crippen molar-refractivity contribution >= 4 is 18.3 Å². The number of likely N-dealkylation sites (tertiary alicyclic amines) is 2. The van der Waals surface area contributed by atoms with Crippen molar-refractivity contribution in [3.63, 3.8) is 0 Å². The lowest BCUT2D eigenvalue weighted by atomic mass is 9.89. The summed E-state index contributed by atoms with van der Waals surface area (Å²) in [6.45, 7) is 3.41. The predicted molar refractivity (Wildman–Crippen MR) is 114 cm³/mol. The Morgan fingerprint density at radius 2 is 1.90 bits per heavy atom. The van der Waals surface area contributed by atoms with E-state index in [1.807, 2.05) is 30.3 Å². The largest absolute Gasteiger partial charge is 0.497 e. The van der Waals surface area contributed by atoms with Gasteiger partial charge < -0.3 is 14.4 Å². The molecule has 3 aliphatic rings. The zero-order valence-corrected chi connectivity index (χ0v) is 17.7. The molecule has 0 aliphatic carbocycles. The van der Waals surface area contributed by atoms with Crippen LogP contribution in [0.2, 0.25) is 0 Å². The molecule has 2 fully saturated rings. The summed E-state index contributed by atoms with van der Waals surface area (Å²) in [5, 5.41) is 0. The van der Waals surface area contributed by atoms with Gasteiger partial charge in [-0.05, 0) is 54.4 Å². The number of methoxy groups -OCH3 is 1. The van der Waals surface area contributed by atoms with E-state index in [-0.39, 0.29) is 18.3 Å². The molecule has 29 heavy (non-hydrogen) atoms. The van der Waals surface area contributed by atoms with Crippen molar-refractivity contribution in [3.05, 3.63) is 59.2 Å². The Kier molecular flexibility index (Phi) is 5.45. The molecule has 0 unspecified atom stereocenters. The van der Waals surface area contributed by atoms with E-state index in [0.717, 1.165) is 55.3 Å². The molecule has 1 amide bonds. The molecular formula is C23H27ClN2O3. The van der Waals surface area contributed by atoms with Crippen LogP contribution in [0.15, 0.2) is 42.5 Å². The third kappa shape index (κ3) is 3.47. The van der Waals surface area contributed by atoms with Crippen LogP contribution in [0.25, 0.3) is 0 Å². The molecular weight excluding hydrogens is 388 g/mol. The van der Waals surface area contributed by atoms with Gasteiger partial charge in [0.1, 0.15) is 11.5 Å². The second kappa shape index (κ2) is 7.88. The number of amides is 1. The second-order valence-electron chi connectivity index (χ2n) is 8.21. The quantitative estimate of drug-likeness (QED) is 0.771. The van der Waals surface area contributed by atoms with Crippen LogP contribution < -0.4 is 9.47 Å². The molecule has 5 rings (SSSR count). The van der Waals surface area contributed by atoms with E-state index in [2.05, 4.69) is 29.0 Å². The lowest BCUT2D eigenvalue weighted by Gasteiger charge is -2.27. The van der Waals surface area contributed by atoms with Gasteiger partial charge in [-0.25, -0.2) is 0 Å². The molecule has 0 radical (unpaired) electrons. The smallest absolute Gasteiger partial charge is 0.253 e. The number of carbonyl (C=O) groups excluding carboxylic acids is 1. The highest BCUT2D eigenvalue weighted by Gasteiger charge is 2.47. The lowest BCUT2D eigenvalue weighted by molar-refractivity contribution is 0.0768. The highest BCUT2D eigenvalue weighted by molar-refractivity contribution is 5.95. The van der Waals surface area contributed by atoms with Crippen LogP contribution in [-0.2, 0) is 6.42 Å². The molecule has 0 aromatic heterocycles. The van der Waals surface area contributed by atoms with Crippen molar-refractivity contribution in [2.45, 2.75) is 12.5 Å². The fourth-order valence-corrected chi connectivity index (χ4v) is 5.23. The van der Waals surface area contributed by atoms with Crippen LogP contribution in [-0.4, -0.2) is 56.1 Å². The number of hydrogen-bond donors (Lipinski definition) is 0. The van der Waals surface area contributed by atoms with E-state index in [0.29, 0.717) is 17.9 Å². The molecule has 2 aromatic rings. The molecule has 2 saturated heterocycles. The van der Waals surface area contributed by atoms with Gasteiger partial charge in [-0.2, -0.15) is 0 Å². The molecule has 0 saturated carbocycles. The first-order chi connectivity index (χ1) is 13.6.